The third-order valence-corrected chi connectivity index (χ3v) is 2.67. The molecule has 18 heavy (non-hydrogen) atoms. The molecule has 1 amide bonds. The summed E-state index contributed by atoms with van der Waals surface area (Å²) in [7, 11) is 0. The van der Waals surface area contributed by atoms with Crippen molar-refractivity contribution in [2.75, 3.05) is 13.1 Å². The maximum absolute atomic E-state index is 11.7. The Morgan fingerprint density at radius 3 is 2.94 bits per heavy atom. The molecule has 0 saturated heterocycles. The van der Waals surface area contributed by atoms with Crippen molar-refractivity contribution in [3.05, 3.63) is 12.2 Å². The normalized spacial score (nSPS) is 12.3. The third-order valence-electron chi connectivity index (χ3n) is 2.67. The number of hydrogen-bond acceptors (Lipinski definition) is 5. The fourth-order valence-electron chi connectivity index (χ4n) is 1.53. The average molecular weight is 254 g/mol. The minimum atomic E-state index is -0.199. The number of rotatable bonds is 9. The van der Waals surface area contributed by atoms with Crippen LogP contribution in [0.3, 0.4) is 0 Å². The summed E-state index contributed by atoms with van der Waals surface area (Å²) in [6, 6.07) is -0.199. The van der Waals surface area contributed by atoms with E-state index in [1.54, 1.807) is 0 Å². The molecule has 1 heterocycles. The Balaban J connectivity index is 2.08. The first-order chi connectivity index (χ1) is 8.74. The second kappa shape index (κ2) is 8.63. The van der Waals surface area contributed by atoms with Gasteiger partial charge in [0.25, 0.3) is 0 Å². The number of unbranched alkanes of at least 4 members (excludes halogenated alkanes) is 2. The average Bonchev–Trinajstić information content (AvgIpc) is 2.87. The lowest BCUT2D eigenvalue weighted by Crippen LogP contribution is -2.43. The fourth-order valence-corrected chi connectivity index (χ4v) is 1.53. The van der Waals surface area contributed by atoms with Crippen molar-refractivity contribution >= 4 is 5.91 Å². The molecule has 1 rings (SSSR count). The van der Waals surface area contributed by atoms with Gasteiger partial charge in [0.2, 0.25) is 11.8 Å². The van der Waals surface area contributed by atoms with Gasteiger partial charge in [0.1, 0.15) is 0 Å². The highest BCUT2D eigenvalue weighted by Crippen LogP contribution is 1.93. The van der Waals surface area contributed by atoms with Gasteiger partial charge >= 0.3 is 0 Å². The Kier molecular flexibility index (Phi) is 7.01. The van der Waals surface area contributed by atoms with E-state index in [4.69, 9.17) is 4.52 Å². The number of carbonyl (C=O) groups excluding carboxylic acids is 1. The molecule has 0 saturated carbocycles. The van der Waals surface area contributed by atoms with Crippen molar-refractivity contribution in [2.24, 2.45) is 0 Å². The second-order valence-electron chi connectivity index (χ2n) is 4.26. The number of nitrogens with one attached hydrogen (secondary N) is 2. The van der Waals surface area contributed by atoms with Gasteiger partial charge in [-0.1, -0.05) is 24.9 Å². The maximum atomic E-state index is 11.7. The Labute approximate surface area is 108 Å². The van der Waals surface area contributed by atoms with E-state index in [2.05, 4.69) is 27.7 Å². The van der Waals surface area contributed by atoms with Crippen LogP contribution in [0.25, 0.3) is 0 Å². The van der Waals surface area contributed by atoms with E-state index in [9.17, 15) is 4.79 Å². The summed E-state index contributed by atoms with van der Waals surface area (Å²) in [5, 5.41) is 9.55. The number of amides is 1. The Morgan fingerprint density at radius 2 is 2.28 bits per heavy atom. The van der Waals surface area contributed by atoms with Crippen molar-refractivity contribution < 1.29 is 9.32 Å². The lowest BCUT2D eigenvalue weighted by Gasteiger charge is -2.13. The van der Waals surface area contributed by atoms with Crippen LogP contribution in [0.2, 0.25) is 0 Å². The molecule has 0 aliphatic rings. The Morgan fingerprint density at radius 1 is 1.44 bits per heavy atom. The third kappa shape index (κ3) is 5.77. The van der Waals surface area contributed by atoms with E-state index in [1.807, 2.05) is 6.92 Å². The standard InChI is InChI=1S/C12H22N4O2/c1-3-4-5-7-14-12(17)10(2)13-8-6-11-15-9-16-18-11/h9-10,13H,3-8H2,1-2H3,(H,14,17). The van der Waals surface area contributed by atoms with E-state index >= 15 is 0 Å². The molecular formula is C12H22N4O2. The molecule has 1 unspecified atom stereocenters. The second-order valence-corrected chi connectivity index (χ2v) is 4.26. The minimum absolute atomic E-state index is 0.0385. The Bertz CT molecular complexity index is 327. The highest BCUT2D eigenvalue weighted by molar-refractivity contribution is 5.81. The van der Waals surface area contributed by atoms with Crippen molar-refractivity contribution in [3.8, 4) is 0 Å². The predicted molar refractivity (Wildman–Crippen MR) is 68.0 cm³/mol. The summed E-state index contributed by atoms with van der Waals surface area (Å²) in [5.41, 5.74) is 0. The van der Waals surface area contributed by atoms with Crippen LogP contribution in [0, 0.1) is 0 Å². The molecule has 0 aliphatic heterocycles. The zero-order chi connectivity index (χ0) is 13.2. The fraction of sp³-hybridized carbons (Fsp3) is 0.750. The van der Waals surface area contributed by atoms with Gasteiger partial charge in [-0.05, 0) is 13.3 Å². The molecule has 0 spiro atoms. The molecule has 0 fully saturated rings. The zero-order valence-electron chi connectivity index (χ0n) is 11.1. The molecule has 2 N–H and O–H groups in total. The molecule has 0 aromatic carbocycles. The largest absolute Gasteiger partial charge is 0.355 e. The highest BCUT2D eigenvalue weighted by atomic mass is 16.5. The minimum Gasteiger partial charge on any atom is -0.355 e. The number of hydrogen-bond donors (Lipinski definition) is 2. The van der Waals surface area contributed by atoms with Crippen LogP contribution in [-0.4, -0.2) is 35.2 Å². The first-order valence-corrected chi connectivity index (χ1v) is 6.50. The van der Waals surface area contributed by atoms with E-state index < -0.39 is 0 Å². The molecule has 6 heteroatoms. The van der Waals surface area contributed by atoms with Crippen LogP contribution in [0.1, 0.15) is 39.0 Å². The number of carbonyl (C=O) groups is 1. The zero-order valence-corrected chi connectivity index (χ0v) is 11.1. The first-order valence-electron chi connectivity index (χ1n) is 6.50. The van der Waals surface area contributed by atoms with Crippen LogP contribution < -0.4 is 10.6 Å². The van der Waals surface area contributed by atoms with Crippen molar-refractivity contribution in [1.29, 1.82) is 0 Å². The van der Waals surface area contributed by atoms with Gasteiger partial charge in [-0.15, -0.1) is 0 Å². The lowest BCUT2D eigenvalue weighted by molar-refractivity contribution is -0.122. The summed E-state index contributed by atoms with van der Waals surface area (Å²) < 4.78 is 4.87. The molecular weight excluding hydrogens is 232 g/mol. The maximum Gasteiger partial charge on any atom is 0.236 e. The molecule has 0 radical (unpaired) electrons. The Hall–Kier alpha value is -1.43. The van der Waals surface area contributed by atoms with E-state index in [-0.39, 0.29) is 11.9 Å². The monoisotopic (exact) mass is 254 g/mol. The van der Waals surface area contributed by atoms with Crippen molar-refractivity contribution in [1.82, 2.24) is 20.8 Å². The van der Waals surface area contributed by atoms with Gasteiger partial charge in [0.15, 0.2) is 6.33 Å². The van der Waals surface area contributed by atoms with Gasteiger partial charge in [0, 0.05) is 19.5 Å². The number of aromatic nitrogens is 2. The van der Waals surface area contributed by atoms with E-state index in [1.165, 1.54) is 6.33 Å². The van der Waals surface area contributed by atoms with Gasteiger partial charge < -0.3 is 15.2 Å². The van der Waals surface area contributed by atoms with E-state index in [0.717, 1.165) is 25.8 Å². The highest BCUT2D eigenvalue weighted by Gasteiger charge is 2.11. The van der Waals surface area contributed by atoms with Crippen LogP contribution in [0.15, 0.2) is 10.9 Å². The molecule has 1 aromatic rings. The molecule has 1 aromatic heterocycles. The van der Waals surface area contributed by atoms with Crippen molar-refractivity contribution in [3.63, 3.8) is 0 Å². The summed E-state index contributed by atoms with van der Waals surface area (Å²) in [6.45, 7) is 5.39. The SMILES string of the molecule is CCCCCNC(=O)C(C)NCCc1ncno1. The molecule has 0 bridgehead atoms. The van der Waals surface area contributed by atoms with Crippen LogP contribution in [0.4, 0.5) is 0 Å². The van der Waals surface area contributed by atoms with Crippen LogP contribution >= 0.6 is 0 Å². The first kappa shape index (κ1) is 14.6. The smallest absolute Gasteiger partial charge is 0.236 e. The molecule has 102 valence electrons. The van der Waals surface area contributed by atoms with Crippen molar-refractivity contribution in [2.45, 2.75) is 45.6 Å². The van der Waals surface area contributed by atoms with Gasteiger partial charge in [-0.3, -0.25) is 4.79 Å². The molecule has 1 atom stereocenters. The quantitative estimate of drug-likeness (QED) is 0.640. The van der Waals surface area contributed by atoms with Gasteiger partial charge in [-0.2, -0.15) is 4.98 Å². The van der Waals surface area contributed by atoms with Crippen LogP contribution in [0.5, 0.6) is 0 Å². The lowest BCUT2D eigenvalue weighted by atomic mass is 10.2. The summed E-state index contributed by atoms with van der Waals surface area (Å²) in [5.74, 6) is 0.620. The van der Waals surface area contributed by atoms with Crippen LogP contribution in [-0.2, 0) is 11.2 Å². The topological polar surface area (TPSA) is 80.0 Å². The van der Waals surface area contributed by atoms with E-state index in [0.29, 0.717) is 18.9 Å². The predicted octanol–water partition coefficient (Wildman–Crippen LogP) is 0.897. The number of nitrogens with zero attached hydrogens (tertiary/aromatic N) is 2. The molecule has 0 aliphatic carbocycles. The molecule has 6 nitrogen and oxygen atoms in total. The summed E-state index contributed by atoms with van der Waals surface area (Å²) in [6.07, 6.45) is 5.36. The summed E-state index contributed by atoms with van der Waals surface area (Å²) in [4.78, 5) is 15.6. The summed E-state index contributed by atoms with van der Waals surface area (Å²) >= 11 is 0. The van der Waals surface area contributed by atoms with Gasteiger partial charge in [-0.25, -0.2) is 0 Å². The van der Waals surface area contributed by atoms with Gasteiger partial charge in [0.05, 0.1) is 6.04 Å².